The van der Waals surface area contributed by atoms with E-state index in [0.29, 0.717) is 12.0 Å². The van der Waals surface area contributed by atoms with Crippen LogP contribution in [0.5, 0.6) is 0 Å². The van der Waals surface area contributed by atoms with E-state index in [4.69, 9.17) is 0 Å². The first kappa shape index (κ1) is 13.1. The number of hydrogen-bond acceptors (Lipinski definition) is 2. The fourth-order valence-electron chi connectivity index (χ4n) is 3.03. The minimum Gasteiger partial charge on any atom is -0.337 e. The van der Waals surface area contributed by atoms with E-state index in [0.717, 1.165) is 18.7 Å². The Morgan fingerprint density at radius 3 is 2.50 bits per heavy atom. The Kier molecular flexibility index (Phi) is 3.71. The van der Waals surface area contributed by atoms with Crippen LogP contribution in [0.15, 0.2) is 24.3 Å². The van der Waals surface area contributed by atoms with Gasteiger partial charge in [-0.15, -0.1) is 0 Å². The topological polar surface area (TPSA) is 23.6 Å². The van der Waals surface area contributed by atoms with Gasteiger partial charge in [-0.05, 0) is 18.7 Å². The number of benzene rings is 1. The van der Waals surface area contributed by atoms with Crippen molar-refractivity contribution in [2.24, 2.45) is 0 Å². The van der Waals surface area contributed by atoms with Crippen molar-refractivity contribution in [3.63, 3.8) is 0 Å². The highest BCUT2D eigenvalue weighted by Crippen LogP contribution is 2.36. The minimum absolute atomic E-state index is 0.173. The maximum atomic E-state index is 12.2. The van der Waals surface area contributed by atoms with Crippen LogP contribution in [0.25, 0.3) is 0 Å². The summed E-state index contributed by atoms with van der Waals surface area (Å²) in [6.07, 6.45) is 0. The van der Waals surface area contributed by atoms with Crippen molar-refractivity contribution >= 4 is 5.91 Å². The third-order valence-electron chi connectivity index (χ3n) is 3.88. The Morgan fingerprint density at radius 1 is 1.11 bits per heavy atom. The highest BCUT2D eigenvalue weighted by Gasteiger charge is 2.42. The van der Waals surface area contributed by atoms with Crippen LogP contribution in [0.4, 0.5) is 0 Å². The van der Waals surface area contributed by atoms with Crippen molar-refractivity contribution < 1.29 is 4.79 Å². The monoisotopic (exact) mass is 246 g/mol. The SMILES string of the molecule is CC.CN1CC2c3ccccc3C(=O)N(C)C2C1. The molecular formula is C15H22N2O. The van der Waals surface area contributed by atoms with Crippen molar-refractivity contribution in [1.82, 2.24) is 9.80 Å². The lowest BCUT2D eigenvalue weighted by molar-refractivity contribution is 0.0701. The second kappa shape index (κ2) is 5.11. The molecule has 0 aromatic heterocycles. The number of likely N-dealkylation sites (N-methyl/N-ethyl adjacent to an activating group) is 2. The maximum absolute atomic E-state index is 12.2. The highest BCUT2D eigenvalue weighted by atomic mass is 16.2. The summed E-state index contributed by atoms with van der Waals surface area (Å²) in [7, 11) is 4.05. The van der Waals surface area contributed by atoms with E-state index >= 15 is 0 Å². The van der Waals surface area contributed by atoms with Gasteiger partial charge in [-0.25, -0.2) is 0 Å². The van der Waals surface area contributed by atoms with Crippen LogP contribution >= 0.6 is 0 Å². The van der Waals surface area contributed by atoms with E-state index < -0.39 is 0 Å². The molecule has 1 aromatic carbocycles. The molecule has 0 radical (unpaired) electrons. The number of fused-ring (bicyclic) bond motifs is 3. The van der Waals surface area contributed by atoms with Crippen LogP contribution in [0.1, 0.15) is 35.7 Å². The molecule has 1 amide bonds. The van der Waals surface area contributed by atoms with Crippen LogP contribution in [0.3, 0.4) is 0 Å². The van der Waals surface area contributed by atoms with Crippen molar-refractivity contribution in [3.8, 4) is 0 Å². The summed E-state index contributed by atoms with van der Waals surface area (Å²) in [4.78, 5) is 16.4. The normalized spacial score (nSPS) is 26.2. The minimum atomic E-state index is 0.173. The van der Waals surface area contributed by atoms with Gasteiger partial charge in [0.2, 0.25) is 0 Å². The highest BCUT2D eigenvalue weighted by molar-refractivity contribution is 5.97. The number of rotatable bonds is 0. The standard InChI is InChI=1S/C13H16N2O.C2H6/c1-14-7-11-9-5-3-4-6-10(9)13(16)15(2)12(11)8-14;1-2/h3-6,11-12H,7-8H2,1-2H3;1-2H3. The summed E-state index contributed by atoms with van der Waals surface area (Å²) in [5, 5.41) is 0. The van der Waals surface area contributed by atoms with Gasteiger partial charge in [0.25, 0.3) is 5.91 Å². The van der Waals surface area contributed by atoms with Crippen LogP contribution in [-0.2, 0) is 0 Å². The predicted molar refractivity (Wildman–Crippen MR) is 73.9 cm³/mol. The van der Waals surface area contributed by atoms with E-state index in [9.17, 15) is 4.79 Å². The molecule has 2 aliphatic rings. The van der Waals surface area contributed by atoms with Gasteiger partial charge in [-0.1, -0.05) is 32.0 Å². The third-order valence-corrected chi connectivity index (χ3v) is 3.88. The molecule has 98 valence electrons. The number of carbonyl (C=O) groups excluding carboxylic acids is 1. The van der Waals surface area contributed by atoms with Gasteiger partial charge in [0, 0.05) is 31.6 Å². The summed E-state index contributed by atoms with van der Waals surface area (Å²) in [6.45, 7) is 6.04. The largest absolute Gasteiger partial charge is 0.337 e. The third kappa shape index (κ3) is 1.93. The predicted octanol–water partition coefficient (Wildman–Crippen LogP) is 2.20. The average molecular weight is 246 g/mol. The summed E-state index contributed by atoms with van der Waals surface area (Å²) >= 11 is 0. The molecule has 0 aliphatic carbocycles. The lowest BCUT2D eigenvalue weighted by atomic mass is 9.85. The van der Waals surface area contributed by atoms with E-state index in [1.807, 2.05) is 44.0 Å². The fourth-order valence-corrected chi connectivity index (χ4v) is 3.03. The second-order valence-electron chi connectivity index (χ2n) is 4.90. The zero-order chi connectivity index (χ0) is 13.3. The molecule has 3 heteroatoms. The van der Waals surface area contributed by atoms with Crippen molar-refractivity contribution in [2.45, 2.75) is 25.8 Å². The zero-order valence-corrected chi connectivity index (χ0v) is 11.7. The van der Waals surface area contributed by atoms with Gasteiger partial charge in [-0.3, -0.25) is 4.79 Å². The molecule has 18 heavy (non-hydrogen) atoms. The average Bonchev–Trinajstić information content (AvgIpc) is 2.81. The van der Waals surface area contributed by atoms with Crippen molar-refractivity contribution in [3.05, 3.63) is 35.4 Å². The maximum Gasteiger partial charge on any atom is 0.254 e. The van der Waals surface area contributed by atoms with Gasteiger partial charge in [0.05, 0.1) is 6.04 Å². The van der Waals surface area contributed by atoms with E-state index in [-0.39, 0.29) is 5.91 Å². The molecule has 2 unspecified atom stereocenters. The first-order valence-corrected chi connectivity index (χ1v) is 6.73. The molecule has 2 aliphatic heterocycles. The van der Waals surface area contributed by atoms with Crippen LogP contribution in [0.2, 0.25) is 0 Å². The van der Waals surface area contributed by atoms with Crippen molar-refractivity contribution in [1.29, 1.82) is 0 Å². The van der Waals surface area contributed by atoms with Gasteiger partial charge >= 0.3 is 0 Å². The van der Waals surface area contributed by atoms with Crippen LogP contribution in [-0.4, -0.2) is 48.9 Å². The van der Waals surface area contributed by atoms with Gasteiger partial charge in [0.15, 0.2) is 0 Å². The summed E-state index contributed by atoms with van der Waals surface area (Å²) in [6, 6.07) is 8.39. The number of likely N-dealkylation sites (tertiary alicyclic amines) is 1. The number of amides is 1. The Hall–Kier alpha value is -1.35. The number of hydrogen-bond donors (Lipinski definition) is 0. The van der Waals surface area contributed by atoms with E-state index in [1.54, 1.807) is 0 Å². The lowest BCUT2D eigenvalue weighted by Crippen LogP contribution is -2.45. The summed E-state index contributed by atoms with van der Waals surface area (Å²) in [5.74, 6) is 0.663. The second-order valence-corrected chi connectivity index (χ2v) is 4.90. The molecule has 1 saturated heterocycles. The van der Waals surface area contributed by atoms with Gasteiger partial charge < -0.3 is 9.80 Å². The van der Waals surface area contributed by atoms with Crippen molar-refractivity contribution in [2.75, 3.05) is 27.2 Å². The molecule has 0 N–H and O–H groups in total. The smallest absolute Gasteiger partial charge is 0.254 e. The zero-order valence-electron chi connectivity index (χ0n) is 11.7. The van der Waals surface area contributed by atoms with Gasteiger partial charge in [-0.2, -0.15) is 0 Å². The van der Waals surface area contributed by atoms with E-state index in [1.165, 1.54) is 5.56 Å². The first-order valence-electron chi connectivity index (χ1n) is 6.73. The van der Waals surface area contributed by atoms with E-state index in [2.05, 4.69) is 18.0 Å². The first-order chi connectivity index (χ1) is 8.68. The molecule has 1 fully saturated rings. The van der Waals surface area contributed by atoms with Crippen LogP contribution in [0, 0.1) is 0 Å². The lowest BCUT2D eigenvalue weighted by Gasteiger charge is -2.35. The Morgan fingerprint density at radius 2 is 1.78 bits per heavy atom. The summed E-state index contributed by atoms with van der Waals surface area (Å²) < 4.78 is 0. The number of carbonyl (C=O) groups is 1. The summed E-state index contributed by atoms with van der Waals surface area (Å²) in [5.41, 5.74) is 2.13. The number of nitrogens with zero attached hydrogens (tertiary/aromatic N) is 2. The van der Waals surface area contributed by atoms with Gasteiger partial charge in [0.1, 0.15) is 0 Å². The quantitative estimate of drug-likeness (QED) is 0.700. The fraction of sp³-hybridized carbons (Fsp3) is 0.533. The molecule has 2 heterocycles. The molecule has 2 atom stereocenters. The molecule has 3 nitrogen and oxygen atoms in total. The molecule has 0 bridgehead atoms. The molecule has 0 spiro atoms. The molecule has 0 saturated carbocycles. The Balaban J connectivity index is 0.000000574. The Bertz CT molecular complexity index is 444. The Labute approximate surface area is 109 Å². The van der Waals surface area contributed by atoms with Crippen LogP contribution < -0.4 is 0 Å². The molecule has 3 rings (SSSR count). The molecule has 1 aromatic rings. The molecular weight excluding hydrogens is 224 g/mol.